The second-order valence-corrected chi connectivity index (χ2v) is 8.28. The van der Waals surface area contributed by atoms with Gasteiger partial charge in [-0.25, -0.2) is 0 Å². The highest BCUT2D eigenvalue weighted by Crippen LogP contribution is 2.35. The monoisotopic (exact) mass is 410 g/mol. The van der Waals surface area contributed by atoms with E-state index in [1.807, 2.05) is 62.4 Å². The third-order valence-electron chi connectivity index (χ3n) is 5.10. The Balaban J connectivity index is 2.07. The predicted octanol–water partition coefficient (Wildman–Crippen LogP) is 2.48. The van der Waals surface area contributed by atoms with Crippen LogP contribution in [0.2, 0.25) is 0 Å². The van der Waals surface area contributed by atoms with Crippen LogP contribution >= 0.6 is 11.3 Å². The van der Waals surface area contributed by atoms with Crippen molar-refractivity contribution in [3.05, 3.63) is 95.9 Å². The van der Waals surface area contributed by atoms with Crippen molar-refractivity contribution in [2.24, 2.45) is 5.73 Å². The zero-order chi connectivity index (χ0) is 21.4. The van der Waals surface area contributed by atoms with Crippen molar-refractivity contribution in [1.82, 2.24) is 4.57 Å². The molecule has 1 atom stereocenters. The third kappa shape index (κ3) is 3.14. The number of hydrogen-bond donors (Lipinski definition) is 1. The summed E-state index contributed by atoms with van der Waals surface area (Å²) >= 11 is 1.23. The summed E-state index contributed by atoms with van der Waals surface area (Å²) in [5, 5.41) is 19.8. The average Bonchev–Trinajstić information content (AvgIpc) is 3.04. The van der Waals surface area contributed by atoms with Crippen LogP contribution in [0, 0.1) is 36.5 Å². The summed E-state index contributed by atoms with van der Waals surface area (Å²) in [5.74, 6) is -0.507. The van der Waals surface area contributed by atoms with E-state index in [-0.39, 0.29) is 17.0 Å². The van der Waals surface area contributed by atoms with Crippen molar-refractivity contribution in [2.75, 3.05) is 0 Å². The molecule has 5 nitrogen and oxygen atoms in total. The molecule has 4 rings (SSSR count). The molecule has 0 amide bonds. The summed E-state index contributed by atoms with van der Waals surface area (Å²) in [4.78, 5) is 13.1. The summed E-state index contributed by atoms with van der Waals surface area (Å²) in [6, 6.07) is 19.8. The highest BCUT2D eigenvalue weighted by Gasteiger charge is 2.32. The van der Waals surface area contributed by atoms with Gasteiger partial charge in [0, 0.05) is 0 Å². The molecular formula is C24H18N4OS. The van der Waals surface area contributed by atoms with E-state index in [1.165, 1.54) is 15.9 Å². The van der Waals surface area contributed by atoms with E-state index in [0.717, 1.165) is 22.3 Å². The Kier molecular flexibility index (Phi) is 4.87. The minimum atomic E-state index is -0.593. The molecule has 0 saturated heterocycles. The molecule has 1 aliphatic rings. The lowest BCUT2D eigenvalue weighted by Gasteiger charge is -2.22. The van der Waals surface area contributed by atoms with Crippen molar-refractivity contribution in [1.29, 1.82) is 10.5 Å². The molecule has 2 heterocycles. The average molecular weight is 411 g/mol. The van der Waals surface area contributed by atoms with E-state index in [2.05, 4.69) is 12.1 Å². The summed E-state index contributed by atoms with van der Waals surface area (Å²) in [5.41, 5.74) is 10.4. The van der Waals surface area contributed by atoms with Crippen LogP contribution in [0.3, 0.4) is 0 Å². The number of nitrogens with zero attached hydrogens (tertiary/aromatic N) is 3. The van der Waals surface area contributed by atoms with E-state index in [9.17, 15) is 15.3 Å². The van der Waals surface area contributed by atoms with Gasteiger partial charge in [0.05, 0.1) is 33.7 Å². The highest BCUT2D eigenvalue weighted by atomic mass is 32.1. The van der Waals surface area contributed by atoms with Crippen molar-refractivity contribution < 1.29 is 0 Å². The standard InChI is InChI=1S/C24H18N4OS/c1-14-5-3-7-16(9-14)11-20-23(29)28-22(27)18(12-25)21(19(13-26)24(28)30-20)17-8-4-6-15(2)10-17/h3-11,21H,27H2,1-2H3/b20-11-/t21-/m1/s1. The molecule has 1 aliphatic heterocycles. The number of aromatic nitrogens is 1. The van der Waals surface area contributed by atoms with Crippen molar-refractivity contribution in [3.8, 4) is 12.1 Å². The first kappa shape index (κ1) is 19.4. The van der Waals surface area contributed by atoms with Crippen molar-refractivity contribution in [3.63, 3.8) is 0 Å². The Morgan fingerprint density at radius 2 is 1.70 bits per heavy atom. The molecule has 2 aromatic carbocycles. The topological polar surface area (TPSA) is 95.6 Å². The van der Waals surface area contributed by atoms with E-state index < -0.39 is 5.92 Å². The van der Waals surface area contributed by atoms with Gasteiger partial charge in [0.2, 0.25) is 0 Å². The van der Waals surface area contributed by atoms with Crippen LogP contribution in [0.4, 0.5) is 0 Å². The molecule has 0 saturated carbocycles. The molecule has 0 radical (unpaired) electrons. The molecule has 30 heavy (non-hydrogen) atoms. The number of rotatable bonds is 2. The normalized spacial score (nSPS) is 16.2. The lowest BCUT2D eigenvalue weighted by molar-refractivity contribution is 0.905. The fourth-order valence-corrected chi connectivity index (χ4v) is 4.87. The molecular weight excluding hydrogens is 392 g/mol. The maximum atomic E-state index is 13.1. The van der Waals surface area contributed by atoms with Crippen LogP contribution < -0.4 is 20.5 Å². The first-order valence-corrected chi connectivity index (χ1v) is 10.2. The molecule has 0 fully saturated rings. The van der Waals surface area contributed by atoms with Gasteiger partial charge in [-0.05, 0) is 31.1 Å². The van der Waals surface area contributed by atoms with Gasteiger partial charge in [0.25, 0.3) is 5.56 Å². The summed E-state index contributed by atoms with van der Waals surface area (Å²) in [6.07, 6.45) is 1.79. The van der Waals surface area contributed by atoms with Gasteiger partial charge in [-0.15, -0.1) is 11.3 Å². The number of thiazole rings is 1. The van der Waals surface area contributed by atoms with Crippen molar-refractivity contribution in [2.45, 2.75) is 19.8 Å². The first-order chi connectivity index (χ1) is 14.4. The number of aryl methyl sites for hydroxylation is 2. The van der Waals surface area contributed by atoms with Gasteiger partial charge >= 0.3 is 0 Å². The molecule has 0 bridgehead atoms. The van der Waals surface area contributed by atoms with E-state index in [1.54, 1.807) is 6.08 Å². The van der Waals surface area contributed by atoms with Crippen LogP contribution in [0.25, 0.3) is 17.5 Å². The smallest absolute Gasteiger partial charge is 0.274 e. The zero-order valence-electron chi connectivity index (χ0n) is 16.5. The SMILES string of the molecule is Cc1cccc(/C=c2\sc3n(c2=O)C(N)=C(C#N)[C@@H](c2cccc(C)c2)C=3C#N)c1. The predicted molar refractivity (Wildman–Crippen MR) is 119 cm³/mol. The Hall–Kier alpha value is -3.87. The van der Waals surface area contributed by atoms with Gasteiger partial charge in [-0.1, -0.05) is 59.7 Å². The van der Waals surface area contributed by atoms with E-state index in [4.69, 9.17) is 5.73 Å². The fraction of sp³-hybridized carbons (Fsp3) is 0.125. The van der Waals surface area contributed by atoms with Crippen molar-refractivity contribution >= 4 is 28.8 Å². The number of benzene rings is 2. The number of nitrogens with two attached hydrogens (primary N) is 1. The fourth-order valence-electron chi connectivity index (χ4n) is 3.75. The molecule has 0 spiro atoms. The third-order valence-corrected chi connectivity index (χ3v) is 6.21. The summed E-state index contributed by atoms with van der Waals surface area (Å²) in [7, 11) is 0. The van der Waals surface area contributed by atoms with Gasteiger partial charge in [-0.3, -0.25) is 9.36 Å². The summed E-state index contributed by atoms with van der Waals surface area (Å²) < 4.78 is 2.24. The number of fused-ring (bicyclic) bond motifs is 1. The van der Waals surface area contributed by atoms with Crippen LogP contribution in [0.1, 0.15) is 28.2 Å². The molecule has 0 unspecified atom stereocenters. The minimum Gasteiger partial charge on any atom is -0.384 e. The van der Waals surface area contributed by atoms with Crippen LogP contribution in [-0.4, -0.2) is 4.57 Å². The lowest BCUT2D eigenvalue weighted by Crippen LogP contribution is -2.38. The minimum absolute atomic E-state index is 0.0862. The maximum Gasteiger partial charge on any atom is 0.274 e. The lowest BCUT2D eigenvalue weighted by atomic mass is 9.84. The molecule has 3 aromatic rings. The van der Waals surface area contributed by atoms with E-state index >= 15 is 0 Å². The Bertz CT molecular complexity index is 1470. The van der Waals surface area contributed by atoms with Gasteiger partial charge < -0.3 is 5.73 Å². The van der Waals surface area contributed by atoms with Gasteiger partial charge in [0.15, 0.2) is 0 Å². The zero-order valence-corrected chi connectivity index (χ0v) is 17.3. The van der Waals surface area contributed by atoms with E-state index in [0.29, 0.717) is 14.8 Å². The van der Waals surface area contributed by atoms with Gasteiger partial charge in [0.1, 0.15) is 10.5 Å². The quantitative estimate of drug-likeness (QED) is 0.702. The maximum absolute atomic E-state index is 13.1. The number of hydrogen-bond acceptors (Lipinski definition) is 5. The van der Waals surface area contributed by atoms with Crippen LogP contribution in [0.5, 0.6) is 0 Å². The molecule has 0 aliphatic carbocycles. The Morgan fingerprint density at radius 1 is 1.03 bits per heavy atom. The molecule has 1 aromatic heterocycles. The first-order valence-electron chi connectivity index (χ1n) is 9.36. The second kappa shape index (κ2) is 7.51. The Labute approximate surface area is 177 Å². The second-order valence-electron chi connectivity index (χ2n) is 7.25. The molecule has 146 valence electrons. The van der Waals surface area contributed by atoms with Crippen LogP contribution in [0.15, 0.2) is 58.9 Å². The highest BCUT2D eigenvalue weighted by molar-refractivity contribution is 7.07. The molecule has 6 heteroatoms. The summed E-state index contributed by atoms with van der Waals surface area (Å²) in [6.45, 7) is 3.94. The largest absolute Gasteiger partial charge is 0.384 e. The van der Waals surface area contributed by atoms with Crippen LogP contribution in [-0.2, 0) is 0 Å². The van der Waals surface area contributed by atoms with Gasteiger partial charge in [-0.2, -0.15) is 10.5 Å². The Morgan fingerprint density at radius 3 is 2.33 bits per heavy atom. The molecule has 2 N–H and O–H groups in total. The number of nitriles is 2. The number of allylic oxidation sites excluding steroid dienone is 1.